The maximum absolute atomic E-state index is 11.0. The number of nitriles is 1. The first-order valence-electron chi connectivity index (χ1n) is 19.7. The first-order chi connectivity index (χ1) is 28.7. The van der Waals surface area contributed by atoms with Gasteiger partial charge in [0.25, 0.3) is 0 Å². The molecule has 0 aliphatic carbocycles. The van der Waals surface area contributed by atoms with Gasteiger partial charge < -0.3 is 9.13 Å². The second kappa shape index (κ2) is 13.7. The first kappa shape index (κ1) is 33.4. The maximum atomic E-state index is 11.0. The highest BCUT2D eigenvalue weighted by Gasteiger charge is 2.20. The maximum Gasteiger partial charge on any atom is 0.100 e. The second-order valence-corrected chi connectivity index (χ2v) is 14.8. The summed E-state index contributed by atoms with van der Waals surface area (Å²) in [7, 11) is 0. The molecular weight excluding hydrogens is 703 g/mol. The summed E-state index contributed by atoms with van der Waals surface area (Å²) in [6.07, 6.45) is 0. The number of hydrogen-bond acceptors (Lipinski definition) is 1. The number of para-hydroxylation sites is 3. The second-order valence-electron chi connectivity index (χ2n) is 14.8. The van der Waals surface area contributed by atoms with Crippen LogP contribution >= 0.6 is 0 Å². The van der Waals surface area contributed by atoms with Gasteiger partial charge in [-0.15, -0.1) is 0 Å². The molecule has 0 atom stereocenters. The lowest BCUT2D eigenvalue weighted by molar-refractivity contribution is 1.18. The molecule has 11 rings (SSSR count). The van der Waals surface area contributed by atoms with Gasteiger partial charge in [0, 0.05) is 43.9 Å². The Morgan fingerprint density at radius 3 is 1.41 bits per heavy atom. The van der Waals surface area contributed by atoms with E-state index in [-0.39, 0.29) is 0 Å². The third-order valence-electron chi connectivity index (χ3n) is 11.6. The van der Waals surface area contributed by atoms with Crippen LogP contribution in [-0.4, -0.2) is 9.13 Å². The van der Waals surface area contributed by atoms with Crippen LogP contribution in [0.4, 0.5) is 0 Å². The molecule has 0 unspecified atom stereocenters. The average molecular weight is 738 g/mol. The Bertz CT molecular complexity index is 3250. The minimum absolute atomic E-state index is 0.648. The van der Waals surface area contributed by atoms with Crippen LogP contribution in [0, 0.1) is 11.3 Å². The zero-order valence-corrected chi connectivity index (χ0v) is 31.5. The van der Waals surface area contributed by atoms with E-state index in [1.54, 1.807) is 0 Å². The van der Waals surface area contributed by atoms with Crippen molar-refractivity contribution in [1.82, 2.24) is 9.13 Å². The minimum Gasteiger partial charge on any atom is -0.309 e. The molecule has 0 aliphatic heterocycles. The first-order valence-corrected chi connectivity index (χ1v) is 19.7. The predicted molar refractivity (Wildman–Crippen MR) is 242 cm³/mol. The van der Waals surface area contributed by atoms with Crippen molar-refractivity contribution in [2.45, 2.75) is 0 Å². The van der Waals surface area contributed by atoms with Gasteiger partial charge in [0.15, 0.2) is 0 Å². The van der Waals surface area contributed by atoms with E-state index < -0.39 is 0 Å². The predicted octanol–water partition coefficient (Wildman–Crippen LogP) is 14.4. The topological polar surface area (TPSA) is 33.6 Å². The fraction of sp³-hybridized carbons (Fsp3) is 0. The molecule has 0 saturated heterocycles. The van der Waals surface area contributed by atoms with Crippen molar-refractivity contribution in [3.63, 3.8) is 0 Å². The Balaban J connectivity index is 1.09. The van der Waals surface area contributed by atoms with Crippen molar-refractivity contribution in [2.75, 3.05) is 0 Å². The van der Waals surface area contributed by atoms with Gasteiger partial charge in [-0.25, -0.2) is 0 Å². The van der Waals surface area contributed by atoms with Crippen molar-refractivity contribution in [3.8, 4) is 62.0 Å². The van der Waals surface area contributed by atoms with Gasteiger partial charge in [-0.1, -0.05) is 158 Å². The minimum atomic E-state index is 0.648. The quantitative estimate of drug-likeness (QED) is 0.167. The lowest BCUT2D eigenvalue weighted by Crippen LogP contribution is -1.99. The van der Waals surface area contributed by atoms with Crippen LogP contribution in [0.5, 0.6) is 0 Å². The van der Waals surface area contributed by atoms with E-state index in [9.17, 15) is 5.26 Å². The van der Waals surface area contributed by atoms with Gasteiger partial charge in [-0.3, -0.25) is 0 Å². The zero-order chi connectivity index (χ0) is 38.6. The molecule has 11 aromatic rings. The lowest BCUT2D eigenvalue weighted by Gasteiger charge is -2.17. The molecule has 0 amide bonds. The number of nitrogens with zero attached hydrogens (tertiary/aromatic N) is 3. The molecule has 3 heteroatoms. The summed E-state index contributed by atoms with van der Waals surface area (Å²) in [5.74, 6) is 0. The van der Waals surface area contributed by atoms with E-state index in [1.807, 2.05) is 0 Å². The molecule has 0 N–H and O–H groups in total. The number of rotatable bonds is 6. The molecule has 0 spiro atoms. The van der Waals surface area contributed by atoms with Crippen LogP contribution < -0.4 is 0 Å². The Morgan fingerprint density at radius 1 is 0.310 bits per heavy atom. The van der Waals surface area contributed by atoms with Crippen LogP contribution in [0.1, 0.15) is 5.56 Å². The molecule has 2 heterocycles. The highest BCUT2D eigenvalue weighted by atomic mass is 15.0. The molecular formula is C55H35N3. The number of aromatic nitrogens is 2. The van der Waals surface area contributed by atoms with Crippen molar-refractivity contribution in [3.05, 3.63) is 218 Å². The molecule has 9 aromatic carbocycles. The van der Waals surface area contributed by atoms with Crippen molar-refractivity contribution in [1.29, 1.82) is 5.26 Å². The Morgan fingerprint density at radius 2 is 0.793 bits per heavy atom. The van der Waals surface area contributed by atoms with Gasteiger partial charge in [0.1, 0.15) is 6.07 Å². The lowest BCUT2D eigenvalue weighted by atomic mass is 9.91. The molecule has 0 saturated carbocycles. The summed E-state index contributed by atoms with van der Waals surface area (Å²) in [6.45, 7) is 0. The van der Waals surface area contributed by atoms with Gasteiger partial charge >= 0.3 is 0 Å². The van der Waals surface area contributed by atoms with Crippen LogP contribution in [0.2, 0.25) is 0 Å². The molecule has 3 nitrogen and oxygen atoms in total. The van der Waals surface area contributed by atoms with E-state index in [1.165, 1.54) is 43.8 Å². The van der Waals surface area contributed by atoms with E-state index in [0.29, 0.717) is 5.56 Å². The van der Waals surface area contributed by atoms with Gasteiger partial charge in [0.2, 0.25) is 0 Å². The van der Waals surface area contributed by atoms with Crippen molar-refractivity contribution >= 4 is 43.6 Å². The van der Waals surface area contributed by atoms with Crippen molar-refractivity contribution in [2.24, 2.45) is 0 Å². The summed E-state index contributed by atoms with van der Waals surface area (Å²) in [5, 5.41) is 15.8. The van der Waals surface area contributed by atoms with Crippen LogP contribution in [0.15, 0.2) is 212 Å². The number of hydrogen-bond donors (Lipinski definition) is 0. The molecule has 270 valence electrons. The molecule has 58 heavy (non-hydrogen) atoms. The van der Waals surface area contributed by atoms with Gasteiger partial charge in [-0.05, 0) is 82.4 Å². The van der Waals surface area contributed by atoms with E-state index in [2.05, 4.69) is 228 Å². The summed E-state index contributed by atoms with van der Waals surface area (Å²) in [6, 6.07) is 77.9. The summed E-state index contributed by atoms with van der Waals surface area (Å²) < 4.78 is 4.70. The van der Waals surface area contributed by atoms with Crippen molar-refractivity contribution < 1.29 is 0 Å². The Labute approximate surface area is 336 Å². The number of benzene rings is 9. The third-order valence-corrected chi connectivity index (χ3v) is 11.6. The summed E-state index contributed by atoms with van der Waals surface area (Å²) in [5.41, 5.74) is 15.8. The highest BCUT2D eigenvalue weighted by Crippen LogP contribution is 2.41. The van der Waals surface area contributed by atoms with E-state index in [4.69, 9.17) is 0 Å². The fourth-order valence-corrected chi connectivity index (χ4v) is 8.95. The Hall–Kier alpha value is -7.93. The van der Waals surface area contributed by atoms with Gasteiger partial charge in [-0.2, -0.15) is 5.26 Å². The van der Waals surface area contributed by atoms with Crippen LogP contribution in [0.25, 0.3) is 99.5 Å². The molecule has 0 radical (unpaired) electrons. The van der Waals surface area contributed by atoms with Crippen LogP contribution in [-0.2, 0) is 0 Å². The summed E-state index contributed by atoms with van der Waals surface area (Å²) in [4.78, 5) is 0. The summed E-state index contributed by atoms with van der Waals surface area (Å²) >= 11 is 0. The average Bonchev–Trinajstić information content (AvgIpc) is 3.81. The van der Waals surface area contributed by atoms with E-state index >= 15 is 0 Å². The molecule has 0 fully saturated rings. The Kier molecular flexibility index (Phi) is 7.88. The normalized spacial score (nSPS) is 11.4. The monoisotopic (exact) mass is 737 g/mol. The molecule has 0 aliphatic rings. The fourth-order valence-electron chi connectivity index (χ4n) is 8.95. The number of fused-ring (bicyclic) bond motifs is 6. The standard InChI is InChI=1S/C55H35N3/c56-36-50-43(24-14-25-44(50)45-21-7-10-26-51(45)58-52-27-11-8-22-46(52)47-23-9-12-28-53(47)58)41-19-13-20-42(33-41)57-54-31-29-39(37-15-3-1-4-16-37)34-48(54)49-35-40(30-32-55(49)57)38-17-5-2-6-18-38/h1-35H. The zero-order valence-electron chi connectivity index (χ0n) is 31.5. The highest BCUT2D eigenvalue weighted by molar-refractivity contribution is 6.12. The SMILES string of the molecule is N#Cc1c(-c2cccc(-n3c4ccc(-c5ccccc5)cc4c4cc(-c5ccccc5)ccc43)c2)cccc1-c1ccccc1-n1c2ccccc2c2ccccc21. The van der Waals surface area contributed by atoms with Gasteiger partial charge in [0.05, 0.1) is 33.3 Å². The van der Waals surface area contributed by atoms with Crippen LogP contribution in [0.3, 0.4) is 0 Å². The largest absolute Gasteiger partial charge is 0.309 e. The molecule has 2 aromatic heterocycles. The molecule has 0 bridgehead atoms. The van der Waals surface area contributed by atoms with E-state index in [0.717, 1.165) is 55.7 Å². The smallest absolute Gasteiger partial charge is 0.100 e. The third kappa shape index (κ3) is 5.35.